The van der Waals surface area contributed by atoms with Crippen molar-refractivity contribution in [2.45, 2.75) is 18.0 Å². The Morgan fingerprint density at radius 3 is 2.38 bits per heavy atom. The second-order valence-electron chi connectivity index (χ2n) is 8.05. The Kier molecular flexibility index (Phi) is 5.14. The summed E-state index contributed by atoms with van der Waals surface area (Å²) in [6.07, 6.45) is 4.33. The van der Waals surface area contributed by atoms with Crippen molar-refractivity contribution in [1.29, 1.82) is 0 Å². The average molecular weight is 432 g/mol. The number of amides is 2. The van der Waals surface area contributed by atoms with Gasteiger partial charge in [0.15, 0.2) is 0 Å². The minimum atomic E-state index is -0.330. The Morgan fingerprint density at radius 2 is 1.75 bits per heavy atom. The van der Waals surface area contributed by atoms with Crippen molar-refractivity contribution in [3.05, 3.63) is 84.2 Å². The van der Waals surface area contributed by atoms with Crippen LogP contribution in [-0.4, -0.2) is 68.5 Å². The normalized spacial score (nSPS) is 22.3. The standard InChI is InChI=1S/C24H21FN4O3/c25-18-7-5-16(6-8-18)15-1-3-17(4-2-15)23-20-12-28(13-22(31)29(20)21(23)14-30)24(32)19-11-26-9-10-27-19/h1-11,20-21,23,30H,12-14H2/t20-,21-,23+/m1/s1. The van der Waals surface area contributed by atoms with Gasteiger partial charge in [-0.15, -0.1) is 0 Å². The van der Waals surface area contributed by atoms with Crippen LogP contribution in [0.2, 0.25) is 0 Å². The molecule has 2 aromatic carbocycles. The van der Waals surface area contributed by atoms with Crippen molar-refractivity contribution in [2.24, 2.45) is 0 Å². The molecule has 1 aromatic heterocycles. The van der Waals surface area contributed by atoms with Crippen LogP contribution in [0.25, 0.3) is 11.1 Å². The van der Waals surface area contributed by atoms with Crippen LogP contribution in [0, 0.1) is 5.82 Å². The van der Waals surface area contributed by atoms with Crippen molar-refractivity contribution in [2.75, 3.05) is 19.7 Å². The van der Waals surface area contributed by atoms with Crippen LogP contribution >= 0.6 is 0 Å². The summed E-state index contributed by atoms with van der Waals surface area (Å²) >= 11 is 0. The molecule has 162 valence electrons. The number of carbonyl (C=O) groups excluding carboxylic acids is 2. The minimum absolute atomic E-state index is 0.0430. The maximum atomic E-state index is 13.2. The quantitative estimate of drug-likeness (QED) is 0.682. The summed E-state index contributed by atoms with van der Waals surface area (Å²) in [7, 11) is 0. The van der Waals surface area contributed by atoms with Gasteiger partial charge in [0.2, 0.25) is 5.91 Å². The fraction of sp³-hybridized carbons (Fsp3) is 0.250. The van der Waals surface area contributed by atoms with Gasteiger partial charge in [0.25, 0.3) is 5.91 Å². The first kappa shape index (κ1) is 20.3. The van der Waals surface area contributed by atoms with Gasteiger partial charge in [-0.3, -0.25) is 14.6 Å². The van der Waals surface area contributed by atoms with Crippen LogP contribution < -0.4 is 0 Å². The van der Waals surface area contributed by atoms with Gasteiger partial charge < -0.3 is 14.9 Å². The number of hydrogen-bond donors (Lipinski definition) is 1. The maximum absolute atomic E-state index is 13.2. The van der Waals surface area contributed by atoms with E-state index in [9.17, 15) is 19.1 Å². The van der Waals surface area contributed by atoms with E-state index in [1.807, 2.05) is 24.3 Å². The largest absolute Gasteiger partial charge is 0.394 e. The molecule has 0 unspecified atom stereocenters. The highest BCUT2D eigenvalue weighted by molar-refractivity contribution is 5.96. The Hall–Kier alpha value is -3.65. The fourth-order valence-corrected chi connectivity index (χ4v) is 4.77. The zero-order valence-corrected chi connectivity index (χ0v) is 17.1. The second-order valence-corrected chi connectivity index (χ2v) is 8.05. The lowest BCUT2D eigenvalue weighted by Crippen LogP contribution is -2.73. The number of aromatic nitrogens is 2. The van der Waals surface area contributed by atoms with Crippen LogP contribution in [0.1, 0.15) is 22.0 Å². The molecular weight excluding hydrogens is 411 g/mol. The van der Waals surface area contributed by atoms with E-state index in [4.69, 9.17) is 0 Å². The molecule has 1 N–H and O–H groups in total. The topological polar surface area (TPSA) is 86.6 Å². The van der Waals surface area contributed by atoms with Crippen molar-refractivity contribution in [3.8, 4) is 11.1 Å². The number of nitrogens with zero attached hydrogens (tertiary/aromatic N) is 4. The Morgan fingerprint density at radius 1 is 1.06 bits per heavy atom. The third kappa shape index (κ3) is 3.42. The van der Waals surface area contributed by atoms with Crippen LogP contribution in [0.3, 0.4) is 0 Å². The third-order valence-corrected chi connectivity index (χ3v) is 6.29. The number of halogens is 1. The van der Waals surface area contributed by atoms with Gasteiger partial charge in [0.1, 0.15) is 18.1 Å². The van der Waals surface area contributed by atoms with Crippen LogP contribution in [-0.2, 0) is 4.79 Å². The van der Waals surface area contributed by atoms with E-state index >= 15 is 0 Å². The lowest BCUT2D eigenvalue weighted by atomic mass is 9.73. The monoisotopic (exact) mass is 432 g/mol. The summed E-state index contributed by atoms with van der Waals surface area (Å²) in [5.41, 5.74) is 3.04. The number of piperazine rings is 1. The summed E-state index contributed by atoms with van der Waals surface area (Å²) in [6.45, 7) is 0.172. The molecule has 7 nitrogen and oxygen atoms in total. The van der Waals surface area contributed by atoms with Gasteiger partial charge in [-0.1, -0.05) is 36.4 Å². The molecule has 0 spiro atoms. The van der Waals surface area contributed by atoms with Crippen LogP contribution in [0.4, 0.5) is 4.39 Å². The van der Waals surface area contributed by atoms with Gasteiger partial charge in [0, 0.05) is 24.9 Å². The summed E-state index contributed by atoms with van der Waals surface area (Å²) in [4.78, 5) is 36.8. The molecule has 32 heavy (non-hydrogen) atoms. The van der Waals surface area contributed by atoms with E-state index in [-0.39, 0.29) is 54.5 Å². The lowest BCUT2D eigenvalue weighted by Gasteiger charge is -2.58. The van der Waals surface area contributed by atoms with E-state index in [1.165, 1.54) is 35.6 Å². The number of benzene rings is 2. The van der Waals surface area contributed by atoms with E-state index in [2.05, 4.69) is 9.97 Å². The maximum Gasteiger partial charge on any atom is 0.274 e. The molecule has 2 saturated heterocycles. The molecule has 3 aromatic rings. The van der Waals surface area contributed by atoms with Gasteiger partial charge in [-0.05, 0) is 28.8 Å². The predicted octanol–water partition coefficient (Wildman–Crippen LogP) is 2.09. The molecule has 5 rings (SSSR count). The highest BCUT2D eigenvalue weighted by Gasteiger charge is 2.54. The highest BCUT2D eigenvalue weighted by atomic mass is 19.1. The molecule has 0 aliphatic carbocycles. The molecule has 0 radical (unpaired) electrons. The molecule has 0 bridgehead atoms. The molecule has 2 aliphatic heterocycles. The Labute approximate surface area is 184 Å². The van der Waals surface area contributed by atoms with E-state index in [1.54, 1.807) is 17.0 Å². The third-order valence-electron chi connectivity index (χ3n) is 6.29. The second kappa shape index (κ2) is 8.12. The minimum Gasteiger partial charge on any atom is -0.394 e. The number of aliphatic hydroxyl groups excluding tert-OH is 1. The molecule has 2 amide bonds. The summed E-state index contributed by atoms with van der Waals surface area (Å²) in [5, 5.41) is 9.96. The average Bonchev–Trinajstić information content (AvgIpc) is 2.81. The van der Waals surface area contributed by atoms with Crippen molar-refractivity contribution < 1.29 is 19.1 Å². The van der Waals surface area contributed by atoms with Crippen LogP contribution in [0.5, 0.6) is 0 Å². The molecule has 3 heterocycles. The lowest BCUT2D eigenvalue weighted by molar-refractivity contribution is -0.159. The predicted molar refractivity (Wildman–Crippen MR) is 114 cm³/mol. The highest BCUT2D eigenvalue weighted by Crippen LogP contribution is 2.43. The van der Waals surface area contributed by atoms with Gasteiger partial charge in [0.05, 0.1) is 24.9 Å². The van der Waals surface area contributed by atoms with E-state index in [0.717, 1.165) is 16.7 Å². The summed E-state index contributed by atoms with van der Waals surface area (Å²) in [5.74, 6) is -0.891. The number of rotatable bonds is 4. The van der Waals surface area contributed by atoms with Crippen molar-refractivity contribution >= 4 is 11.8 Å². The summed E-state index contributed by atoms with van der Waals surface area (Å²) in [6, 6.07) is 13.6. The van der Waals surface area contributed by atoms with Gasteiger partial charge in [-0.2, -0.15) is 0 Å². The van der Waals surface area contributed by atoms with E-state index < -0.39 is 0 Å². The molecule has 2 aliphatic rings. The zero-order valence-electron chi connectivity index (χ0n) is 17.1. The first-order chi connectivity index (χ1) is 15.6. The first-order valence-electron chi connectivity index (χ1n) is 10.4. The van der Waals surface area contributed by atoms with Gasteiger partial charge >= 0.3 is 0 Å². The fourth-order valence-electron chi connectivity index (χ4n) is 4.77. The Bertz CT molecular complexity index is 1140. The SMILES string of the molecule is O=C(c1cnccn1)N1CC(=O)N2[C@H](CO)[C@@H](c3ccc(-c4ccc(F)cc4)cc3)[C@H]2C1. The molecule has 0 saturated carbocycles. The Balaban J connectivity index is 1.38. The van der Waals surface area contributed by atoms with Crippen molar-refractivity contribution in [1.82, 2.24) is 19.8 Å². The number of hydrogen-bond acceptors (Lipinski definition) is 5. The molecule has 3 atom stereocenters. The zero-order chi connectivity index (χ0) is 22.2. The number of carbonyl (C=O) groups is 2. The van der Waals surface area contributed by atoms with Gasteiger partial charge in [-0.25, -0.2) is 9.37 Å². The molecular formula is C24H21FN4O3. The smallest absolute Gasteiger partial charge is 0.274 e. The first-order valence-corrected chi connectivity index (χ1v) is 10.4. The molecule has 8 heteroatoms. The summed E-state index contributed by atoms with van der Waals surface area (Å²) < 4.78 is 13.2. The van der Waals surface area contributed by atoms with E-state index in [0.29, 0.717) is 6.54 Å². The number of aliphatic hydroxyl groups is 1. The molecule has 2 fully saturated rings. The van der Waals surface area contributed by atoms with Crippen LogP contribution in [0.15, 0.2) is 67.1 Å². The number of fused-ring (bicyclic) bond motifs is 1. The van der Waals surface area contributed by atoms with Crippen molar-refractivity contribution in [3.63, 3.8) is 0 Å².